The van der Waals surface area contributed by atoms with Crippen molar-refractivity contribution in [2.24, 2.45) is 5.92 Å². The van der Waals surface area contributed by atoms with Crippen LogP contribution in [0.1, 0.15) is 40.4 Å². The van der Waals surface area contributed by atoms with Crippen molar-refractivity contribution in [2.75, 3.05) is 20.3 Å². The van der Waals surface area contributed by atoms with E-state index in [4.69, 9.17) is 13.9 Å². The lowest BCUT2D eigenvalue weighted by molar-refractivity contribution is -0.151. The van der Waals surface area contributed by atoms with E-state index in [-0.39, 0.29) is 40.7 Å². The summed E-state index contributed by atoms with van der Waals surface area (Å²) in [5.41, 5.74) is -0.645. The van der Waals surface area contributed by atoms with Crippen molar-refractivity contribution in [3.8, 4) is 22.8 Å². The van der Waals surface area contributed by atoms with Crippen LogP contribution in [-0.4, -0.2) is 47.4 Å². The van der Waals surface area contributed by atoms with Crippen LogP contribution >= 0.6 is 0 Å². The smallest absolute Gasteiger partial charge is 0.399 e. The van der Waals surface area contributed by atoms with Gasteiger partial charge >= 0.3 is 6.18 Å². The number of rotatable bonds is 7. The molecule has 4 aromatic rings. The number of alkyl halides is 3. The summed E-state index contributed by atoms with van der Waals surface area (Å²) in [7, 11) is 1.42. The molecule has 0 unspecified atom stereocenters. The molecule has 0 radical (unpaired) electrons. The molecule has 0 bridgehead atoms. The maximum Gasteiger partial charge on any atom is 0.399 e. The maximum atomic E-state index is 13.9. The third kappa shape index (κ3) is 4.51. The third-order valence-electron chi connectivity index (χ3n) is 7.38. The van der Waals surface area contributed by atoms with Crippen molar-refractivity contribution >= 4 is 17.0 Å². The quantitative estimate of drug-likeness (QED) is 0.305. The van der Waals surface area contributed by atoms with E-state index in [2.05, 4.69) is 15.3 Å². The summed E-state index contributed by atoms with van der Waals surface area (Å²) in [5, 5.41) is 14.6. The molecule has 208 valence electrons. The summed E-state index contributed by atoms with van der Waals surface area (Å²) in [4.78, 5) is 21.7. The number of fused-ring (bicyclic) bond motifs is 2. The molecule has 2 atom stereocenters. The number of halogens is 4. The van der Waals surface area contributed by atoms with Crippen LogP contribution in [0.5, 0.6) is 11.5 Å². The predicted octanol–water partition coefficient (Wildman–Crippen LogP) is 5.10. The van der Waals surface area contributed by atoms with Crippen molar-refractivity contribution in [3.63, 3.8) is 0 Å². The van der Waals surface area contributed by atoms with E-state index in [9.17, 15) is 27.5 Å². The molecule has 12 heteroatoms. The minimum atomic E-state index is -4.60. The van der Waals surface area contributed by atoms with Gasteiger partial charge in [-0.25, -0.2) is 14.4 Å². The topological polar surface area (TPSA) is 107 Å². The van der Waals surface area contributed by atoms with Crippen LogP contribution in [0.25, 0.3) is 22.4 Å². The largest absolute Gasteiger partial charge is 0.494 e. The van der Waals surface area contributed by atoms with Gasteiger partial charge in [-0.3, -0.25) is 4.79 Å². The van der Waals surface area contributed by atoms with E-state index in [1.165, 1.54) is 56.0 Å². The Hall–Kier alpha value is -4.19. The highest BCUT2D eigenvalue weighted by atomic mass is 19.4. The molecule has 0 saturated heterocycles. The number of ether oxygens (including phenoxy) is 2. The Morgan fingerprint density at radius 3 is 2.60 bits per heavy atom. The molecule has 1 fully saturated rings. The van der Waals surface area contributed by atoms with Gasteiger partial charge in [-0.05, 0) is 61.2 Å². The molecule has 1 aliphatic carbocycles. The van der Waals surface area contributed by atoms with Crippen LogP contribution < -0.4 is 14.8 Å². The lowest BCUT2D eigenvalue weighted by Gasteiger charge is -2.29. The number of hydrogen-bond donors (Lipinski definition) is 2. The van der Waals surface area contributed by atoms with Gasteiger partial charge in [-0.15, -0.1) is 0 Å². The number of nitrogens with one attached hydrogen (secondary N) is 1. The number of oxazole rings is 1. The van der Waals surface area contributed by atoms with Gasteiger partial charge in [-0.1, -0.05) is 0 Å². The summed E-state index contributed by atoms with van der Waals surface area (Å²) < 4.78 is 71.4. The fraction of sp³-hybridized carbons (Fsp3) is 0.321. The Morgan fingerprint density at radius 1 is 1.18 bits per heavy atom. The summed E-state index contributed by atoms with van der Waals surface area (Å²) in [6, 6.07) is 9.26. The number of methoxy groups -OCH3 is 1. The zero-order chi connectivity index (χ0) is 28.2. The van der Waals surface area contributed by atoms with Crippen LogP contribution in [0.2, 0.25) is 0 Å². The van der Waals surface area contributed by atoms with Gasteiger partial charge in [0, 0.05) is 16.7 Å². The lowest BCUT2D eigenvalue weighted by atomic mass is 9.88. The van der Waals surface area contributed by atoms with Crippen LogP contribution in [-0.2, 0) is 5.60 Å². The molecule has 1 amide bonds. The Balaban J connectivity index is 1.38. The SMILES string of the molecule is COc1cc(C(=O)NC[C@](O)(c2cc3c(c(-c4ccc(F)cc4)n2)OC[C@H]3C(F)(F)F)C2CC2)cc2ocnc12. The molecule has 6 rings (SSSR count). The number of aromatic nitrogens is 2. The molecule has 1 aliphatic heterocycles. The fourth-order valence-electron chi connectivity index (χ4n) is 5.06. The van der Waals surface area contributed by atoms with E-state index in [1.807, 2.05) is 0 Å². The second-order valence-corrected chi connectivity index (χ2v) is 9.95. The highest BCUT2D eigenvalue weighted by Gasteiger charge is 2.51. The summed E-state index contributed by atoms with van der Waals surface area (Å²) in [6.45, 7) is -0.956. The molecule has 8 nitrogen and oxygen atoms in total. The monoisotopic (exact) mass is 557 g/mol. The summed E-state index contributed by atoms with van der Waals surface area (Å²) in [5.74, 6) is -3.11. The van der Waals surface area contributed by atoms with Crippen molar-refractivity contribution in [2.45, 2.75) is 30.5 Å². The first-order valence-electron chi connectivity index (χ1n) is 12.5. The second kappa shape index (κ2) is 9.47. The van der Waals surface area contributed by atoms with E-state index in [0.717, 1.165) is 0 Å². The van der Waals surface area contributed by atoms with Gasteiger partial charge in [0.25, 0.3) is 5.91 Å². The minimum absolute atomic E-state index is 0.0311. The zero-order valence-corrected chi connectivity index (χ0v) is 21.1. The molecular weight excluding hydrogens is 534 g/mol. The van der Waals surface area contributed by atoms with E-state index in [1.54, 1.807) is 0 Å². The highest BCUT2D eigenvalue weighted by Crippen LogP contribution is 2.51. The average molecular weight is 558 g/mol. The van der Waals surface area contributed by atoms with Crippen LogP contribution in [0.15, 0.2) is 53.3 Å². The molecule has 2 aromatic carbocycles. The zero-order valence-electron chi connectivity index (χ0n) is 21.1. The van der Waals surface area contributed by atoms with Crippen LogP contribution in [0, 0.1) is 11.7 Å². The fourth-order valence-corrected chi connectivity index (χ4v) is 5.06. The molecule has 40 heavy (non-hydrogen) atoms. The van der Waals surface area contributed by atoms with E-state index >= 15 is 0 Å². The molecule has 2 aliphatic rings. The standard InChI is InChI=1S/C28H23F4N3O5/c1-38-20-8-15(9-21-24(20)34-13-40-21)26(36)33-12-27(37,16-4-5-16)22-10-18-19(28(30,31)32)11-39-25(18)23(35-22)14-2-6-17(29)7-3-14/h2-3,6-10,13,16,19,37H,4-5,11-12H2,1H3,(H,33,36)/t19-,27-/m1/s1. The first kappa shape index (κ1) is 26.1. The second-order valence-electron chi connectivity index (χ2n) is 9.95. The average Bonchev–Trinajstić information content (AvgIpc) is 3.52. The number of pyridine rings is 1. The molecule has 2 aromatic heterocycles. The number of carbonyl (C=O) groups excluding carboxylic acids is 1. The van der Waals surface area contributed by atoms with Crippen LogP contribution in [0.3, 0.4) is 0 Å². The minimum Gasteiger partial charge on any atom is -0.494 e. The van der Waals surface area contributed by atoms with Crippen molar-refractivity contribution in [1.29, 1.82) is 0 Å². The molecule has 0 spiro atoms. The van der Waals surface area contributed by atoms with Crippen molar-refractivity contribution in [3.05, 3.63) is 71.5 Å². The lowest BCUT2D eigenvalue weighted by Crippen LogP contribution is -2.43. The number of carbonyl (C=O) groups is 1. The number of amides is 1. The summed E-state index contributed by atoms with van der Waals surface area (Å²) in [6.07, 6.45) is -2.20. The molecular formula is C28H23F4N3O5. The third-order valence-corrected chi connectivity index (χ3v) is 7.38. The number of benzene rings is 2. The maximum absolute atomic E-state index is 13.9. The number of nitrogens with zero attached hydrogens (tertiary/aromatic N) is 2. The van der Waals surface area contributed by atoms with Gasteiger partial charge in [0.2, 0.25) is 0 Å². The number of aliphatic hydroxyl groups is 1. The van der Waals surface area contributed by atoms with Gasteiger partial charge in [0.1, 0.15) is 41.1 Å². The van der Waals surface area contributed by atoms with E-state index < -0.39 is 36.0 Å². The van der Waals surface area contributed by atoms with Crippen LogP contribution in [0.4, 0.5) is 17.6 Å². The van der Waals surface area contributed by atoms with Gasteiger partial charge in [0.15, 0.2) is 17.5 Å². The van der Waals surface area contributed by atoms with Gasteiger partial charge in [-0.2, -0.15) is 13.2 Å². The Bertz CT molecular complexity index is 1600. The Morgan fingerprint density at radius 2 is 1.93 bits per heavy atom. The first-order chi connectivity index (χ1) is 19.1. The van der Waals surface area contributed by atoms with Gasteiger partial charge < -0.3 is 24.3 Å². The van der Waals surface area contributed by atoms with Crippen molar-refractivity contribution in [1.82, 2.24) is 15.3 Å². The normalized spacial score (nSPS) is 18.2. The summed E-state index contributed by atoms with van der Waals surface area (Å²) >= 11 is 0. The van der Waals surface area contributed by atoms with Gasteiger partial charge in [0.05, 0.1) is 19.3 Å². The predicted molar refractivity (Wildman–Crippen MR) is 133 cm³/mol. The Labute approximate surface area is 224 Å². The van der Waals surface area contributed by atoms with Crippen molar-refractivity contribution < 1.29 is 41.4 Å². The molecule has 3 heterocycles. The highest BCUT2D eigenvalue weighted by molar-refractivity contribution is 5.98. The first-order valence-corrected chi connectivity index (χ1v) is 12.5. The number of hydrogen-bond acceptors (Lipinski definition) is 7. The Kier molecular flexibility index (Phi) is 6.17. The molecule has 1 saturated carbocycles. The van der Waals surface area contributed by atoms with E-state index in [0.29, 0.717) is 35.3 Å². The molecule has 2 N–H and O–H groups in total.